The van der Waals surface area contributed by atoms with Gasteiger partial charge in [-0.2, -0.15) is 0 Å². The number of benzene rings is 1. The molecule has 0 fully saturated rings. The molecule has 0 spiro atoms. The number of rotatable bonds is 6. The third-order valence-electron chi connectivity index (χ3n) is 3.81. The lowest BCUT2D eigenvalue weighted by Crippen LogP contribution is -2.05. The van der Waals surface area contributed by atoms with E-state index in [4.69, 9.17) is 13.6 Å². The molecule has 0 radical (unpaired) electrons. The molecule has 7 nitrogen and oxygen atoms in total. The van der Waals surface area contributed by atoms with Gasteiger partial charge in [-0.25, -0.2) is 4.79 Å². The third-order valence-corrected chi connectivity index (χ3v) is 4.66. The Bertz CT molecular complexity index is 1070. The maximum absolute atomic E-state index is 12.3. The van der Waals surface area contributed by atoms with Crippen LogP contribution in [0.4, 0.5) is 0 Å². The van der Waals surface area contributed by atoms with Gasteiger partial charge in [0.15, 0.2) is 0 Å². The summed E-state index contributed by atoms with van der Waals surface area (Å²) in [6.45, 7) is 2.04. The van der Waals surface area contributed by atoms with Gasteiger partial charge in [0.05, 0.1) is 12.2 Å². The molecule has 0 bridgehead atoms. The predicted molar refractivity (Wildman–Crippen MR) is 99.3 cm³/mol. The van der Waals surface area contributed by atoms with Crippen LogP contribution in [0.2, 0.25) is 0 Å². The van der Waals surface area contributed by atoms with E-state index in [9.17, 15) is 4.79 Å². The number of hydrogen-bond donors (Lipinski definition) is 0. The van der Waals surface area contributed by atoms with Crippen LogP contribution in [-0.2, 0) is 10.5 Å². The fourth-order valence-electron chi connectivity index (χ4n) is 2.61. The second kappa shape index (κ2) is 7.63. The molecule has 27 heavy (non-hydrogen) atoms. The van der Waals surface area contributed by atoms with Crippen molar-refractivity contribution in [3.63, 3.8) is 0 Å². The normalized spacial score (nSPS) is 11.0. The van der Waals surface area contributed by atoms with Crippen molar-refractivity contribution >= 4 is 28.7 Å². The summed E-state index contributed by atoms with van der Waals surface area (Å²) in [5.41, 5.74) is 2.13. The molecule has 0 saturated carbocycles. The Hall–Kier alpha value is -3.13. The van der Waals surface area contributed by atoms with Crippen molar-refractivity contribution in [2.24, 2.45) is 0 Å². The van der Waals surface area contributed by atoms with Gasteiger partial charge < -0.3 is 13.6 Å². The molecular formula is C19H15N3O4S. The Morgan fingerprint density at radius 3 is 2.85 bits per heavy atom. The van der Waals surface area contributed by atoms with Crippen molar-refractivity contribution < 1.29 is 18.4 Å². The summed E-state index contributed by atoms with van der Waals surface area (Å²) in [5.74, 6) is 0.552. The van der Waals surface area contributed by atoms with Gasteiger partial charge in [-0.05, 0) is 25.1 Å². The molecule has 8 heteroatoms. The average Bonchev–Trinajstić information content (AvgIpc) is 3.32. The fourth-order valence-corrected chi connectivity index (χ4v) is 3.40. The monoisotopic (exact) mass is 381 g/mol. The van der Waals surface area contributed by atoms with Crippen LogP contribution < -0.4 is 0 Å². The SMILES string of the molecule is CCOC(=O)c1oc2ccccc2c1CSc1nnc(-c2cccnc2)o1. The van der Waals surface area contributed by atoms with Crippen LogP contribution in [0.15, 0.2) is 62.8 Å². The maximum atomic E-state index is 12.3. The molecule has 1 aromatic carbocycles. The van der Waals surface area contributed by atoms with Gasteiger partial charge in [0.1, 0.15) is 5.58 Å². The minimum atomic E-state index is -0.481. The third kappa shape index (κ3) is 3.56. The van der Waals surface area contributed by atoms with Gasteiger partial charge in [0.25, 0.3) is 5.22 Å². The van der Waals surface area contributed by atoms with Crippen molar-refractivity contribution in [2.75, 3.05) is 6.61 Å². The van der Waals surface area contributed by atoms with Crippen molar-refractivity contribution in [2.45, 2.75) is 17.9 Å². The van der Waals surface area contributed by atoms with Crippen molar-refractivity contribution in [1.82, 2.24) is 15.2 Å². The number of furan rings is 1. The molecule has 0 aliphatic heterocycles. The highest BCUT2D eigenvalue weighted by Gasteiger charge is 2.22. The molecule has 4 rings (SSSR count). The van der Waals surface area contributed by atoms with Crippen LogP contribution in [0.5, 0.6) is 0 Å². The maximum Gasteiger partial charge on any atom is 0.374 e. The molecule has 0 unspecified atom stereocenters. The number of aromatic nitrogens is 3. The summed E-state index contributed by atoms with van der Waals surface area (Å²) >= 11 is 1.33. The van der Waals surface area contributed by atoms with E-state index in [1.807, 2.05) is 30.3 Å². The predicted octanol–water partition coefficient (Wildman–Crippen LogP) is 4.35. The van der Waals surface area contributed by atoms with Gasteiger partial charge in [-0.1, -0.05) is 30.0 Å². The van der Waals surface area contributed by atoms with Crippen LogP contribution in [-0.4, -0.2) is 27.8 Å². The van der Waals surface area contributed by atoms with Crippen molar-refractivity contribution in [3.8, 4) is 11.5 Å². The number of nitrogens with zero attached hydrogens (tertiary/aromatic N) is 3. The van der Waals surface area contributed by atoms with Crippen LogP contribution in [0, 0.1) is 0 Å². The second-order valence-electron chi connectivity index (χ2n) is 5.53. The molecule has 0 saturated heterocycles. The summed E-state index contributed by atoms with van der Waals surface area (Å²) < 4.78 is 16.5. The van der Waals surface area contributed by atoms with Gasteiger partial charge in [-0.15, -0.1) is 10.2 Å². The zero-order chi connectivity index (χ0) is 18.6. The summed E-state index contributed by atoms with van der Waals surface area (Å²) in [6, 6.07) is 11.1. The zero-order valence-electron chi connectivity index (χ0n) is 14.4. The first-order valence-electron chi connectivity index (χ1n) is 8.30. The Kier molecular flexibility index (Phi) is 4.88. The van der Waals surface area contributed by atoms with E-state index in [1.54, 1.807) is 25.4 Å². The lowest BCUT2D eigenvalue weighted by atomic mass is 10.1. The summed E-state index contributed by atoms with van der Waals surface area (Å²) in [7, 11) is 0. The van der Waals surface area contributed by atoms with Crippen LogP contribution in [0.1, 0.15) is 23.0 Å². The first-order valence-corrected chi connectivity index (χ1v) is 9.29. The highest BCUT2D eigenvalue weighted by Crippen LogP contribution is 2.32. The first kappa shape index (κ1) is 17.3. The van der Waals surface area contributed by atoms with E-state index in [1.165, 1.54) is 11.8 Å². The minimum Gasteiger partial charge on any atom is -0.460 e. The van der Waals surface area contributed by atoms with E-state index in [0.717, 1.165) is 16.5 Å². The number of hydrogen-bond acceptors (Lipinski definition) is 8. The summed E-state index contributed by atoms with van der Waals surface area (Å²) in [5, 5.41) is 9.36. The summed E-state index contributed by atoms with van der Waals surface area (Å²) in [6.07, 6.45) is 3.33. The lowest BCUT2D eigenvalue weighted by Gasteiger charge is -2.01. The highest BCUT2D eigenvalue weighted by atomic mass is 32.2. The van der Waals surface area contributed by atoms with Gasteiger partial charge in [-0.3, -0.25) is 4.98 Å². The van der Waals surface area contributed by atoms with Gasteiger partial charge in [0.2, 0.25) is 11.7 Å². The number of fused-ring (bicyclic) bond motifs is 1. The molecule has 0 atom stereocenters. The number of ether oxygens (including phenoxy) is 1. The molecule has 0 aliphatic carbocycles. The Morgan fingerprint density at radius 1 is 1.15 bits per heavy atom. The van der Waals surface area contributed by atoms with E-state index < -0.39 is 5.97 Å². The van der Waals surface area contributed by atoms with E-state index in [0.29, 0.717) is 22.4 Å². The molecule has 0 amide bonds. The standard InChI is InChI=1S/C19H15N3O4S/c1-2-24-18(23)16-14(13-7-3-4-8-15(13)25-16)11-27-19-22-21-17(26-19)12-6-5-9-20-10-12/h3-10H,2,11H2,1H3. The Balaban J connectivity index is 1.59. The van der Waals surface area contributed by atoms with Crippen molar-refractivity contribution in [3.05, 3.63) is 60.1 Å². The molecule has 4 aromatic rings. The fraction of sp³-hybridized carbons (Fsp3) is 0.158. The zero-order valence-corrected chi connectivity index (χ0v) is 15.2. The Labute approximate surface area is 158 Å². The van der Waals surface area contributed by atoms with Gasteiger partial charge in [0, 0.05) is 29.1 Å². The van der Waals surface area contributed by atoms with E-state index >= 15 is 0 Å². The van der Waals surface area contributed by atoms with Crippen LogP contribution in [0.3, 0.4) is 0 Å². The highest BCUT2D eigenvalue weighted by molar-refractivity contribution is 7.98. The largest absolute Gasteiger partial charge is 0.460 e. The molecule has 0 N–H and O–H groups in total. The van der Waals surface area contributed by atoms with Crippen LogP contribution >= 0.6 is 11.8 Å². The number of esters is 1. The molecule has 0 aliphatic rings. The summed E-state index contributed by atoms with van der Waals surface area (Å²) in [4.78, 5) is 16.3. The molecule has 3 heterocycles. The van der Waals surface area contributed by atoms with Gasteiger partial charge >= 0.3 is 5.97 Å². The number of pyridine rings is 1. The number of carbonyl (C=O) groups is 1. The van der Waals surface area contributed by atoms with Crippen molar-refractivity contribution in [1.29, 1.82) is 0 Å². The quantitative estimate of drug-likeness (QED) is 0.360. The molecule has 3 aromatic heterocycles. The average molecular weight is 381 g/mol. The Morgan fingerprint density at radius 2 is 2.04 bits per heavy atom. The molecular weight excluding hydrogens is 366 g/mol. The first-order chi connectivity index (χ1) is 13.3. The smallest absolute Gasteiger partial charge is 0.374 e. The lowest BCUT2D eigenvalue weighted by molar-refractivity contribution is 0.0491. The van der Waals surface area contributed by atoms with E-state index in [-0.39, 0.29) is 12.4 Å². The topological polar surface area (TPSA) is 91.2 Å². The number of carbonyl (C=O) groups excluding carboxylic acids is 1. The molecule has 136 valence electrons. The minimum absolute atomic E-state index is 0.206. The second-order valence-corrected chi connectivity index (χ2v) is 6.46. The number of para-hydroxylation sites is 1. The van der Waals surface area contributed by atoms with Crippen LogP contribution in [0.25, 0.3) is 22.4 Å². The van der Waals surface area contributed by atoms with E-state index in [2.05, 4.69) is 15.2 Å². The number of thioether (sulfide) groups is 1.